The van der Waals surface area contributed by atoms with Gasteiger partial charge in [-0.25, -0.2) is 9.37 Å². The van der Waals surface area contributed by atoms with Crippen LogP contribution in [0.2, 0.25) is 0 Å². The molecule has 0 spiro atoms. The number of halogens is 3. The van der Waals surface area contributed by atoms with Crippen molar-refractivity contribution in [3.8, 4) is 0 Å². The molecule has 2 aromatic rings. The Kier molecular flexibility index (Phi) is 4.04. The lowest BCUT2D eigenvalue weighted by Gasteiger charge is -2.24. The fourth-order valence-corrected chi connectivity index (χ4v) is 4.57. The molecule has 0 radical (unpaired) electrons. The number of nitrogens with zero attached hydrogens (tertiary/aromatic N) is 2. The largest absolute Gasteiger partial charge is 0.326 e. The van der Waals surface area contributed by atoms with Gasteiger partial charge in [0.15, 0.2) is 0 Å². The van der Waals surface area contributed by atoms with E-state index in [0.29, 0.717) is 15.9 Å². The zero-order chi connectivity index (χ0) is 14.3. The molecule has 1 atom stereocenters. The van der Waals surface area contributed by atoms with Crippen molar-refractivity contribution in [2.45, 2.75) is 36.9 Å². The number of thioether (sulfide) groups is 1. The van der Waals surface area contributed by atoms with Crippen molar-refractivity contribution in [1.82, 2.24) is 9.55 Å². The van der Waals surface area contributed by atoms with Gasteiger partial charge in [-0.15, -0.1) is 11.6 Å². The lowest BCUT2D eigenvalue weighted by Crippen LogP contribution is -2.24. The number of benzene rings is 1. The van der Waals surface area contributed by atoms with Crippen LogP contribution >= 0.6 is 39.3 Å². The van der Waals surface area contributed by atoms with E-state index in [9.17, 15) is 4.39 Å². The van der Waals surface area contributed by atoms with Gasteiger partial charge in [0.25, 0.3) is 0 Å². The first-order valence-electron chi connectivity index (χ1n) is 6.56. The second kappa shape index (κ2) is 5.50. The predicted octanol–water partition coefficient (Wildman–Crippen LogP) is 4.96. The highest BCUT2D eigenvalue weighted by atomic mass is 79.9. The zero-order valence-corrected chi connectivity index (χ0v) is 14.3. The van der Waals surface area contributed by atoms with Crippen LogP contribution in [0, 0.1) is 5.82 Å². The Labute approximate surface area is 135 Å². The van der Waals surface area contributed by atoms with E-state index in [4.69, 9.17) is 11.6 Å². The minimum Gasteiger partial charge on any atom is -0.326 e. The minimum absolute atomic E-state index is 0.218. The van der Waals surface area contributed by atoms with Gasteiger partial charge in [-0.1, -0.05) is 0 Å². The summed E-state index contributed by atoms with van der Waals surface area (Å²) in [7, 11) is 0. The first-order valence-corrected chi connectivity index (χ1v) is 8.88. The predicted molar refractivity (Wildman–Crippen MR) is 87.0 cm³/mol. The lowest BCUT2D eigenvalue weighted by molar-refractivity contribution is 0.510. The highest BCUT2D eigenvalue weighted by molar-refractivity contribution is 9.10. The number of fused-ring (bicyclic) bond motifs is 1. The van der Waals surface area contributed by atoms with Crippen LogP contribution in [0.5, 0.6) is 0 Å². The molecule has 1 aliphatic heterocycles. The number of hydrogen-bond donors (Lipinski definition) is 0. The molecule has 0 amide bonds. The normalized spacial score (nSPS) is 22.8. The molecule has 2 nitrogen and oxygen atoms in total. The summed E-state index contributed by atoms with van der Waals surface area (Å²) < 4.78 is 16.5. The van der Waals surface area contributed by atoms with E-state index in [0.717, 1.165) is 17.9 Å². The van der Waals surface area contributed by atoms with Crippen LogP contribution in [0.4, 0.5) is 4.39 Å². The van der Waals surface area contributed by atoms with Crippen molar-refractivity contribution in [2.75, 3.05) is 5.75 Å². The Hall–Kier alpha value is -0.260. The van der Waals surface area contributed by atoms with Gasteiger partial charge in [0.05, 0.1) is 21.4 Å². The minimum atomic E-state index is -0.287. The highest BCUT2D eigenvalue weighted by Crippen LogP contribution is 2.40. The standard InChI is InChI=1S/C14H15BrClFN2S/c1-14(3-2-4-20-14)8-19-12-5-9(15)10(17)6-11(12)18-13(19)7-16/h5-6H,2-4,7-8H2,1H3. The van der Waals surface area contributed by atoms with Gasteiger partial charge in [0.2, 0.25) is 0 Å². The van der Waals surface area contributed by atoms with Crippen molar-refractivity contribution in [1.29, 1.82) is 0 Å². The van der Waals surface area contributed by atoms with Crippen molar-refractivity contribution in [2.24, 2.45) is 0 Å². The summed E-state index contributed by atoms with van der Waals surface area (Å²) in [6, 6.07) is 3.27. The first kappa shape index (κ1) is 14.7. The third-order valence-electron chi connectivity index (χ3n) is 3.78. The van der Waals surface area contributed by atoms with Gasteiger partial charge in [-0.05, 0) is 47.5 Å². The zero-order valence-electron chi connectivity index (χ0n) is 11.1. The molecule has 1 aliphatic rings. The van der Waals surface area contributed by atoms with Gasteiger partial charge in [-0.2, -0.15) is 11.8 Å². The number of rotatable bonds is 3. The molecule has 0 saturated carbocycles. The van der Waals surface area contributed by atoms with Gasteiger partial charge < -0.3 is 4.57 Å². The average Bonchev–Trinajstić information content (AvgIpc) is 2.96. The first-order chi connectivity index (χ1) is 9.52. The molecule has 0 N–H and O–H groups in total. The molecule has 1 fully saturated rings. The van der Waals surface area contributed by atoms with E-state index in [1.54, 1.807) is 6.07 Å². The molecule has 20 heavy (non-hydrogen) atoms. The van der Waals surface area contributed by atoms with Crippen molar-refractivity contribution >= 4 is 50.3 Å². The van der Waals surface area contributed by atoms with Crippen molar-refractivity contribution in [3.05, 3.63) is 28.2 Å². The third-order valence-corrected chi connectivity index (χ3v) is 6.15. The third kappa shape index (κ3) is 2.60. The smallest absolute Gasteiger partial charge is 0.139 e. The summed E-state index contributed by atoms with van der Waals surface area (Å²) in [4.78, 5) is 4.47. The van der Waals surface area contributed by atoms with Crippen molar-refractivity contribution in [3.63, 3.8) is 0 Å². The molecule has 0 bridgehead atoms. The van der Waals surface area contributed by atoms with E-state index >= 15 is 0 Å². The summed E-state index contributed by atoms with van der Waals surface area (Å²) in [6.07, 6.45) is 2.45. The summed E-state index contributed by atoms with van der Waals surface area (Å²) in [5, 5.41) is 0. The van der Waals surface area contributed by atoms with Gasteiger partial charge >= 0.3 is 0 Å². The van der Waals surface area contributed by atoms with E-state index in [-0.39, 0.29) is 10.6 Å². The topological polar surface area (TPSA) is 17.8 Å². The van der Waals surface area contributed by atoms with Crippen LogP contribution in [0.25, 0.3) is 11.0 Å². The fraction of sp³-hybridized carbons (Fsp3) is 0.500. The van der Waals surface area contributed by atoms with Crippen LogP contribution in [-0.2, 0) is 12.4 Å². The summed E-state index contributed by atoms with van der Waals surface area (Å²) in [5.74, 6) is 2.07. The quantitative estimate of drug-likeness (QED) is 0.703. The Morgan fingerprint density at radius 2 is 2.35 bits per heavy atom. The second-order valence-corrected chi connectivity index (χ2v) is 8.21. The number of hydrogen-bond acceptors (Lipinski definition) is 2. The molecule has 2 heterocycles. The highest BCUT2D eigenvalue weighted by Gasteiger charge is 2.31. The second-order valence-electron chi connectivity index (χ2n) is 5.40. The maximum Gasteiger partial charge on any atom is 0.139 e. The Bertz CT molecular complexity index is 652. The molecule has 6 heteroatoms. The van der Waals surface area contributed by atoms with Gasteiger partial charge in [0.1, 0.15) is 11.6 Å². The number of aromatic nitrogens is 2. The Balaban J connectivity index is 2.10. The SMILES string of the molecule is CC1(Cn2c(CCl)nc3cc(F)c(Br)cc32)CCCS1. The van der Waals surface area contributed by atoms with Crippen LogP contribution in [0.3, 0.4) is 0 Å². The van der Waals surface area contributed by atoms with Crippen LogP contribution in [0.1, 0.15) is 25.6 Å². The van der Waals surface area contributed by atoms with Gasteiger partial charge in [0, 0.05) is 17.4 Å². The maximum absolute atomic E-state index is 13.6. The molecule has 1 saturated heterocycles. The molecule has 0 aliphatic carbocycles. The molecule has 1 unspecified atom stereocenters. The summed E-state index contributed by atoms with van der Waals surface area (Å²) in [5.41, 5.74) is 1.62. The van der Waals surface area contributed by atoms with E-state index in [2.05, 4.69) is 32.4 Å². The summed E-state index contributed by atoms with van der Waals surface area (Å²) in [6.45, 7) is 3.15. The number of imidazole rings is 1. The molecular weight excluding hydrogens is 363 g/mol. The van der Waals surface area contributed by atoms with Crippen LogP contribution in [0.15, 0.2) is 16.6 Å². The van der Waals surface area contributed by atoms with E-state index < -0.39 is 0 Å². The summed E-state index contributed by atoms with van der Waals surface area (Å²) >= 11 is 11.3. The monoisotopic (exact) mass is 376 g/mol. The molecule has 1 aromatic heterocycles. The molecule has 3 rings (SSSR count). The van der Waals surface area contributed by atoms with E-state index in [1.165, 1.54) is 24.7 Å². The van der Waals surface area contributed by atoms with Gasteiger partial charge in [-0.3, -0.25) is 0 Å². The maximum atomic E-state index is 13.6. The average molecular weight is 378 g/mol. The van der Waals surface area contributed by atoms with Crippen LogP contribution in [-0.4, -0.2) is 20.1 Å². The Morgan fingerprint density at radius 3 is 3.00 bits per heavy atom. The van der Waals surface area contributed by atoms with Crippen molar-refractivity contribution < 1.29 is 4.39 Å². The van der Waals surface area contributed by atoms with Crippen LogP contribution < -0.4 is 0 Å². The molecular formula is C14H15BrClFN2S. The molecule has 1 aromatic carbocycles. The number of alkyl halides is 1. The molecule has 108 valence electrons. The lowest BCUT2D eigenvalue weighted by atomic mass is 10.1. The van der Waals surface area contributed by atoms with E-state index in [1.807, 2.05) is 11.8 Å². The Morgan fingerprint density at radius 1 is 1.55 bits per heavy atom. The fourth-order valence-electron chi connectivity index (χ4n) is 2.74.